The lowest BCUT2D eigenvalue weighted by Gasteiger charge is -2.55. The van der Waals surface area contributed by atoms with Crippen molar-refractivity contribution in [2.75, 3.05) is 33.4 Å². The van der Waals surface area contributed by atoms with E-state index < -0.39 is 0 Å². The fourth-order valence-corrected chi connectivity index (χ4v) is 4.52. The van der Waals surface area contributed by atoms with Crippen molar-refractivity contribution in [3.8, 4) is 0 Å². The number of fused-ring (bicyclic) bond motifs is 1. The zero-order valence-electron chi connectivity index (χ0n) is 14.5. The molecule has 1 aliphatic carbocycles. The van der Waals surface area contributed by atoms with Crippen LogP contribution in [0.15, 0.2) is 4.99 Å². The van der Waals surface area contributed by atoms with E-state index in [-0.39, 0.29) is 5.41 Å². The number of rotatable bonds is 3. The molecule has 1 N–H and O–H groups in total. The van der Waals surface area contributed by atoms with E-state index in [2.05, 4.69) is 36.0 Å². The number of aliphatic imine (C=N–C) groups is 1. The van der Waals surface area contributed by atoms with E-state index in [0.29, 0.717) is 24.2 Å². The Morgan fingerprint density at radius 1 is 1.32 bits per heavy atom. The van der Waals surface area contributed by atoms with Gasteiger partial charge in [0.2, 0.25) is 0 Å². The highest BCUT2D eigenvalue weighted by molar-refractivity contribution is 5.80. The average Bonchev–Trinajstić information content (AvgIpc) is 2.96. The first kappa shape index (κ1) is 16.1. The van der Waals surface area contributed by atoms with Crippen molar-refractivity contribution in [1.82, 2.24) is 10.2 Å². The second kappa shape index (κ2) is 6.36. The van der Waals surface area contributed by atoms with E-state index in [1.807, 2.05) is 7.05 Å². The van der Waals surface area contributed by atoms with Gasteiger partial charge in [-0.3, -0.25) is 4.99 Å². The monoisotopic (exact) mass is 309 g/mol. The smallest absolute Gasteiger partial charge is 0.193 e. The molecule has 1 saturated carbocycles. The maximum atomic E-state index is 5.89. The topological polar surface area (TPSA) is 46.1 Å². The summed E-state index contributed by atoms with van der Waals surface area (Å²) in [4.78, 5) is 6.92. The number of likely N-dealkylation sites (tertiary alicyclic amines) is 1. The molecule has 3 unspecified atom stereocenters. The third kappa shape index (κ3) is 2.73. The molecule has 0 bridgehead atoms. The Morgan fingerprint density at radius 3 is 2.68 bits per heavy atom. The summed E-state index contributed by atoms with van der Waals surface area (Å²) in [6, 6.07) is 0.475. The summed E-state index contributed by atoms with van der Waals surface area (Å²) in [5.74, 6) is 1.70. The maximum Gasteiger partial charge on any atom is 0.193 e. The van der Waals surface area contributed by atoms with Crippen LogP contribution in [0.5, 0.6) is 0 Å². The molecule has 3 rings (SSSR count). The highest BCUT2D eigenvalue weighted by Gasteiger charge is 2.59. The standard InChI is InChI=1S/C17H31N3O2/c1-5-21-12-6-9-20(10-7-12)16(18-4)19-14-13-8-11-22-15(13)17(14,2)3/h12-15H,5-11H2,1-4H3,(H,18,19). The molecular formula is C17H31N3O2. The minimum absolute atomic E-state index is 0.195. The third-order valence-corrected chi connectivity index (χ3v) is 5.74. The quantitative estimate of drug-likeness (QED) is 0.639. The van der Waals surface area contributed by atoms with Crippen molar-refractivity contribution >= 4 is 5.96 Å². The molecule has 2 heterocycles. The van der Waals surface area contributed by atoms with E-state index in [1.54, 1.807) is 0 Å². The molecule has 0 radical (unpaired) electrons. The molecule has 3 aliphatic rings. The fraction of sp³-hybridized carbons (Fsp3) is 0.941. The van der Waals surface area contributed by atoms with E-state index in [9.17, 15) is 0 Å². The molecule has 3 fully saturated rings. The zero-order valence-corrected chi connectivity index (χ0v) is 14.5. The molecule has 3 atom stereocenters. The van der Waals surface area contributed by atoms with Crippen LogP contribution in [-0.4, -0.2) is 62.5 Å². The summed E-state index contributed by atoms with van der Waals surface area (Å²) in [5.41, 5.74) is 0.195. The Hall–Kier alpha value is -0.810. The van der Waals surface area contributed by atoms with Gasteiger partial charge < -0.3 is 19.7 Å². The van der Waals surface area contributed by atoms with Gasteiger partial charge in [0.15, 0.2) is 5.96 Å². The molecule has 5 nitrogen and oxygen atoms in total. The molecule has 0 aromatic rings. The van der Waals surface area contributed by atoms with Crippen LogP contribution in [0.3, 0.4) is 0 Å². The Morgan fingerprint density at radius 2 is 2.05 bits per heavy atom. The first-order valence-corrected chi connectivity index (χ1v) is 8.79. The van der Waals surface area contributed by atoms with E-state index in [4.69, 9.17) is 9.47 Å². The Labute approximate surface area is 134 Å². The molecule has 126 valence electrons. The zero-order chi connectivity index (χ0) is 15.7. The van der Waals surface area contributed by atoms with Crippen LogP contribution in [0.25, 0.3) is 0 Å². The number of ether oxygens (including phenoxy) is 2. The number of hydrogen-bond donors (Lipinski definition) is 1. The van der Waals surface area contributed by atoms with Crippen LogP contribution in [0.1, 0.15) is 40.0 Å². The predicted molar refractivity (Wildman–Crippen MR) is 88.1 cm³/mol. The fourth-order valence-electron chi connectivity index (χ4n) is 4.52. The molecule has 22 heavy (non-hydrogen) atoms. The van der Waals surface area contributed by atoms with Gasteiger partial charge in [0.25, 0.3) is 0 Å². The summed E-state index contributed by atoms with van der Waals surface area (Å²) >= 11 is 0. The SMILES string of the molecule is CCOC1CCN(C(=NC)NC2C3CCOC3C2(C)C)CC1. The first-order valence-electron chi connectivity index (χ1n) is 8.79. The van der Waals surface area contributed by atoms with E-state index in [0.717, 1.165) is 45.1 Å². The van der Waals surface area contributed by atoms with Crippen LogP contribution in [0.2, 0.25) is 0 Å². The highest BCUT2D eigenvalue weighted by Crippen LogP contribution is 2.52. The van der Waals surface area contributed by atoms with Gasteiger partial charge >= 0.3 is 0 Å². The Kier molecular flexibility index (Phi) is 4.64. The molecule has 2 aliphatic heterocycles. The van der Waals surface area contributed by atoms with Gasteiger partial charge in [-0.2, -0.15) is 0 Å². The minimum Gasteiger partial charge on any atom is -0.378 e. The van der Waals surface area contributed by atoms with Gasteiger partial charge in [0, 0.05) is 50.7 Å². The summed E-state index contributed by atoms with van der Waals surface area (Å²) in [6.45, 7) is 10.5. The molecule has 0 spiro atoms. The third-order valence-electron chi connectivity index (χ3n) is 5.74. The van der Waals surface area contributed by atoms with Crippen molar-refractivity contribution in [2.45, 2.75) is 58.3 Å². The lowest BCUT2D eigenvalue weighted by atomic mass is 9.57. The Bertz CT molecular complexity index is 416. The normalized spacial score (nSPS) is 35.2. The maximum absolute atomic E-state index is 5.89. The highest BCUT2D eigenvalue weighted by atomic mass is 16.5. The molecular weight excluding hydrogens is 278 g/mol. The van der Waals surface area contributed by atoms with E-state index >= 15 is 0 Å². The van der Waals surface area contributed by atoms with Crippen LogP contribution in [-0.2, 0) is 9.47 Å². The van der Waals surface area contributed by atoms with Crippen molar-refractivity contribution < 1.29 is 9.47 Å². The number of nitrogens with one attached hydrogen (secondary N) is 1. The van der Waals surface area contributed by atoms with Crippen molar-refractivity contribution in [2.24, 2.45) is 16.3 Å². The van der Waals surface area contributed by atoms with Crippen molar-refractivity contribution in [3.63, 3.8) is 0 Å². The first-order chi connectivity index (χ1) is 10.6. The van der Waals surface area contributed by atoms with Gasteiger partial charge in [-0.15, -0.1) is 0 Å². The predicted octanol–water partition coefficient (Wildman–Crippen LogP) is 1.88. The van der Waals surface area contributed by atoms with Gasteiger partial charge in [-0.05, 0) is 26.2 Å². The molecule has 5 heteroatoms. The summed E-state index contributed by atoms with van der Waals surface area (Å²) in [6.07, 6.45) is 4.21. The van der Waals surface area contributed by atoms with Gasteiger partial charge in [-0.25, -0.2) is 0 Å². The molecule has 0 amide bonds. The number of hydrogen-bond acceptors (Lipinski definition) is 3. The van der Waals surface area contributed by atoms with Crippen LogP contribution in [0.4, 0.5) is 0 Å². The van der Waals surface area contributed by atoms with Crippen LogP contribution in [0, 0.1) is 11.3 Å². The van der Waals surface area contributed by atoms with Crippen molar-refractivity contribution in [1.29, 1.82) is 0 Å². The van der Waals surface area contributed by atoms with Crippen molar-refractivity contribution in [3.05, 3.63) is 0 Å². The largest absolute Gasteiger partial charge is 0.378 e. The van der Waals surface area contributed by atoms with E-state index in [1.165, 1.54) is 6.42 Å². The summed E-state index contributed by atoms with van der Waals surface area (Å²) < 4.78 is 11.6. The van der Waals surface area contributed by atoms with Crippen LogP contribution < -0.4 is 5.32 Å². The number of piperidine rings is 1. The number of guanidine groups is 1. The lowest BCUT2D eigenvalue weighted by molar-refractivity contribution is -0.107. The molecule has 2 saturated heterocycles. The molecule has 0 aromatic carbocycles. The second-order valence-electron chi connectivity index (χ2n) is 7.38. The van der Waals surface area contributed by atoms with Gasteiger partial charge in [-0.1, -0.05) is 13.8 Å². The summed E-state index contributed by atoms with van der Waals surface area (Å²) in [5, 5.41) is 3.74. The Balaban J connectivity index is 1.57. The minimum atomic E-state index is 0.195. The van der Waals surface area contributed by atoms with Crippen LogP contribution >= 0.6 is 0 Å². The number of nitrogens with zero attached hydrogens (tertiary/aromatic N) is 2. The van der Waals surface area contributed by atoms with Gasteiger partial charge in [0.1, 0.15) is 0 Å². The lowest BCUT2D eigenvalue weighted by Crippen LogP contribution is -2.68. The second-order valence-corrected chi connectivity index (χ2v) is 7.38. The average molecular weight is 309 g/mol. The van der Waals surface area contributed by atoms with Gasteiger partial charge in [0.05, 0.1) is 12.2 Å². The summed E-state index contributed by atoms with van der Waals surface area (Å²) in [7, 11) is 1.89. The molecule has 0 aromatic heterocycles.